The summed E-state index contributed by atoms with van der Waals surface area (Å²) in [5.41, 5.74) is 0.809. The van der Waals surface area contributed by atoms with Crippen LogP contribution in [0.1, 0.15) is 27.7 Å². The van der Waals surface area contributed by atoms with Gasteiger partial charge in [-0.05, 0) is 51.1 Å². The van der Waals surface area contributed by atoms with E-state index in [0.29, 0.717) is 43.0 Å². The third-order valence-corrected chi connectivity index (χ3v) is 6.03. The fourth-order valence-electron chi connectivity index (χ4n) is 4.18. The van der Waals surface area contributed by atoms with Crippen LogP contribution in [0.25, 0.3) is 11.1 Å². The number of carbonyl (C=O) groups is 3. The number of piperazine rings is 1. The number of benzene rings is 1. The molecule has 1 aromatic carbocycles. The van der Waals surface area contributed by atoms with Gasteiger partial charge in [0.2, 0.25) is 5.91 Å². The molecule has 37 heavy (non-hydrogen) atoms. The minimum Gasteiger partial charge on any atom is -0.444 e. The van der Waals surface area contributed by atoms with E-state index < -0.39 is 23.6 Å². The van der Waals surface area contributed by atoms with E-state index in [2.05, 4.69) is 15.2 Å². The molecular formula is C26H32FN5O5. The second kappa shape index (κ2) is 10.6. The van der Waals surface area contributed by atoms with Gasteiger partial charge in [-0.2, -0.15) is 0 Å². The van der Waals surface area contributed by atoms with Crippen LogP contribution in [-0.4, -0.2) is 79.0 Å². The minimum absolute atomic E-state index is 0.201. The Hall–Kier alpha value is -3.89. The Balaban J connectivity index is 1.37. The summed E-state index contributed by atoms with van der Waals surface area (Å²) >= 11 is 0. The van der Waals surface area contributed by atoms with Crippen molar-refractivity contribution in [2.75, 3.05) is 49.1 Å². The Kier molecular flexibility index (Phi) is 7.51. The summed E-state index contributed by atoms with van der Waals surface area (Å²) in [4.78, 5) is 45.2. The Morgan fingerprint density at radius 2 is 1.89 bits per heavy atom. The number of halogens is 1. The third-order valence-electron chi connectivity index (χ3n) is 6.03. The van der Waals surface area contributed by atoms with Gasteiger partial charge in [-0.25, -0.2) is 19.0 Å². The van der Waals surface area contributed by atoms with Gasteiger partial charge in [0.1, 0.15) is 23.3 Å². The van der Waals surface area contributed by atoms with E-state index in [1.54, 1.807) is 29.3 Å². The van der Waals surface area contributed by atoms with Gasteiger partial charge < -0.3 is 24.6 Å². The number of hydrogen-bond acceptors (Lipinski definition) is 7. The van der Waals surface area contributed by atoms with E-state index in [-0.39, 0.29) is 25.1 Å². The van der Waals surface area contributed by atoms with Gasteiger partial charge in [0.15, 0.2) is 0 Å². The molecule has 0 aliphatic carbocycles. The van der Waals surface area contributed by atoms with Crippen LogP contribution in [0.5, 0.6) is 0 Å². The molecule has 0 radical (unpaired) electrons. The van der Waals surface area contributed by atoms with Crippen molar-refractivity contribution < 1.29 is 28.2 Å². The molecule has 1 atom stereocenters. The first-order valence-electron chi connectivity index (χ1n) is 12.2. The van der Waals surface area contributed by atoms with E-state index in [0.717, 1.165) is 5.82 Å². The molecule has 0 unspecified atom stereocenters. The van der Waals surface area contributed by atoms with Crippen molar-refractivity contribution in [2.24, 2.45) is 0 Å². The molecule has 10 nitrogen and oxygen atoms in total. The first-order valence-corrected chi connectivity index (χ1v) is 12.2. The average molecular weight is 514 g/mol. The van der Waals surface area contributed by atoms with Crippen LogP contribution in [0.3, 0.4) is 0 Å². The summed E-state index contributed by atoms with van der Waals surface area (Å²) < 4.78 is 25.7. The molecule has 4 rings (SSSR count). The molecule has 198 valence electrons. The Bertz CT molecular complexity index is 1160. The molecule has 1 N–H and O–H groups in total. The maximum atomic E-state index is 15.0. The zero-order valence-corrected chi connectivity index (χ0v) is 21.5. The van der Waals surface area contributed by atoms with E-state index >= 15 is 4.39 Å². The summed E-state index contributed by atoms with van der Waals surface area (Å²) in [6, 6.07) is 8.19. The molecule has 2 saturated heterocycles. The number of ether oxygens (including phenoxy) is 2. The van der Waals surface area contributed by atoms with Gasteiger partial charge in [-0.15, -0.1) is 0 Å². The van der Waals surface area contributed by atoms with Crippen molar-refractivity contribution in [3.8, 4) is 11.1 Å². The van der Waals surface area contributed by atoms with Gasteiger partial charge in [0, 0.05) is 50.4 Å². The number of pyridine rings is 1. The van der Waals surface area contributed by atoms with Crippen LogP contribution in [0, 0.1) is 5.82 Å². The van der Waals surface area contributed by atoms with Gasteiger partial charge in [-0.3, -0.25) is 9.69 Å². The summed E-state index contributed by atoms with van der Waals surface area (Å²) in [5.74, 6) is 0.0401. The number of nitrogens with zero attached hydrogens (tertiary/aromatic N) is 4. The van der Waals surface area contributed by atoms with Gasteiger partial charge >= 0.3 is 12.2 Å². The highest BCUT2D eigenvalue weighted by Crippen LogP contribution is 2.29. The molecular weight excluding hydrogens is 481 g/mol. The van der Waals surface area contributed by atoms with Crippen molar-refractivity contribution in [3.05, 3.63) is 42.3 Å². The van der Waals surface area contributed by atoms with E-state index in [1.165, 1.54) is 17.9 Å². The van der Waals surface area contributed by atoms with Crippen LogP contribution in [0.4, 0.5) is 25.5 Å². The smallest absolute Gasteiger partial charge is 0.414 e. The zero-order chi connectivity index (χ0) is 26.7. The monoisotopic (exact) mass is 513 g/mol. The standard InChI is InChI=1S/C26H32FN5O5/c1-17(33)28-15-20-16-32(25(35)36-20)19-6-7-21(22(27)13-19)18-5-8-23(29-14-18)30-9-11-31(12-10-30)24(34)37-26(2,3)4/h5-8,13-14,20H,9-12,15-16H2,1-4H3,(H,28,33)/t20-/m0/s1. The van der Waals surface area contributed by atoms with E-state index in [9.17, 15) is 14.4 Å². The van der Waals surface area contributed by atoms with Crippen molar-refractivity contribution in [3.63, 3.8) is 0 Å². The van der Waals surface area contributed by atoms with Crippen LogP contribution >= 0.6 is 0 Å². The topological polar surface area (TPSA) is 104 Å². The van der Waals surface area contributed by atoms with Crippen molar-refractivity contribution in [2.45, 2.75) is 39.4 Å². The van der Waals surface area contributed by atoms with E-state index in [1.807, 2.05) is 26.8 Å². The average Bonchev–Trinajstić information content (AvgIpc) is 3.22. The first kappa shape index (κ1) is 26.2. The fourth-order valence-corrected chi connectivity index (χ4v) is 4.18. The summed E-state index contributed by atoms with van der Waals surface area (Å²) in [6.07, 6.45) is 0.211. The molecule has 0 spiro atoms. The number of anilines is 2. The maximum absolute atomic E-state index is 15.0. The largest absolute Gasteiger partial charge is 0.444 e. The van der Waals surface area contributed by atoms with Crippen molar-refractivity contribution in [1.29, 1.82) is 0 Å². The molecule has 0 bridgehead atoms. The molecule has 2 aliphatic rings. The predicted octanol–water partition coefficient (Wildman–Crippen LogP) is 3.41. The molecule has 2 aromatic rings. The molecule has 1 aromatic heterocycles. The quantitative estimate of drug-likeness (QED) is 0.653. The lowest BCUT2D eigenvalue weighted by Crippen LogP contribution is -2.50. The van der Waals surface area contributed by atoms with Gasteiger partial charge in [0.05, 0.1) is 18.8 Å². The Morgan fingerprint density at radius 1 is 1.16 bits per heavy atom. The molecule has 0 saturated carbocycles. The number of aromatic nitrogens is 1. The second-order valence-electron chi connectivity index (χ2n) is 10.1. The molecule has 2 fully saturated rings. The lowest BCUT2D eigenvalue weighted by atomic mass is 10.1. The molecule has 11 heteroatoms. The zero-order valence-electron chi connectivity index (χ0n) is 21.5. The Labute approximate surface area is 215 Å². The number of carbonyl (C=O) groups excluding carboxylic acids is 3. The van der Waals surface area contributed by atoms with Crippen LogP contribution in [-0.2, 0) is 14.3 Å². The maximum Gasteiger partial charge on any atom is 0.414 e. The number of hydrogen-bond donors (Lipinski definition) is 1. The third kappa shape index (κ3) is 6.46. The molecule has 3 amide bonds. The lowest BCUT2D eigenvalue weighted by Gasteiger charge is -2.36. The number of cyclic esters (lactones) is 1. The van der Waals surface area contributed by atoms with Gasteiger partial charge in [-0.1, -0.05) is 0 Å². The number of nitrogens with one attached hydrogen (secondary N) is 1. The van der Waals surface area contributed by atoms with Crippen molar-refractivity contribution in [1.82, 2.24) is 15.2 Å². The fraction of sp³-hybridized carbons (Fsp3) is 0.462. The molecule has 3 heterocycles. The first-order chi connectivity index (χ1) is 17.5. The minimum atomic E-state index is -0.583. The number of amides is 3. The van der Waals surface area contributed by atoms with Crippen LogP contribution < -0.4 is 15.1 Å². The highest BCUT2D eigenvalue weighted by Gasteiger charge is 2.33. The summed E-state index contributed by atoms with van der Waals surface area (Å²) in [5, 5.41) is 2.62. The second-order valence-corrected chi connectivity index (χ2v) is 10.1. The predicted molar refractivity (Wildman–Crippen MR) is 136 cm³/mol. The van der Waals surface area contributed by atoms with Gasteiger partial charge in [0.25, 0.3) is 0 Å². The van der Waals surface area contributed by atoms with E-state index in [4.69, 9.17) is 9.47 Å². The lowest BCUT2D eigenvalue weighted by molar-refractivity contribution is -0.119. The number of rotatable bonds is 5. The summed E-state index contributed by atoms with van der Waals surface area (Å²) in [6.45, 7) is 9.61. The van der Waals surface area contributed by atoms with Crippen LogP contribution in [0.15, 0.2) is 36.5 Å². The molecule has 2 aliphatic heterocycles. The summed E-state index contributed by atoms with van der Waals surface area (Å²) in [7, 11) is 0. The normalized spacial score (nSPS) is 18.0. The highest BCUT2D eigenvalue weighted by molar-refractivity contribution is 5.90. The SMILES string of the molecule is CC(=O)NC[C@H]1CN(c2ccc(-c3ccc(N4CCN(C(=O)OC(C)(C)C)CC4)nc3)c(F)c2)C(=O)O1. The van der Waals surface area contributed by atoms with Crippen LogP contribution in [0.2, 0.25) is 0 Å². The van der Waals surface area contributed by atoms with Crippen molar-refractivity contribution >= 4 is 29.6 Å². The highest BCUT2D eigenvalue weighted by atomic mass is 19.1. The Morgan fingerprint density at radius 3 is 2.49 bits per heavy atom.